The lowest BCUT2D eigenvalue weighted by Crippen LogP contribution is -2.27. The number of ether oxygens (including phenoxy) is 1. The van der Waals surface area contributed by atoms with Crippen LogP contribution in [0.5, 0.6) is 5.88 Å². The van der Waals surface area contributed by atoms with Gasteiger partial charge in [0.2, 0.25) is 11.8 Å². The third-order valence-electron chi connectivity index (χ3n) is 3.39. The molecule has 6 nitrogen and oxygen atoms in total. The lowest BCUT2D eigenvalue weighted by molar-refractivity contribution is -0.119. The number of carbonyl (C=O) groups is 1. The van der Waals surface area contributed by atoms with Gasteiger partial charge in [0, 0.05) is 38.2 Å². The van der Waals surface area contributed by atoms with E-state index in [0.29, 0.717) is 24.4 Å². The molecule has 0 saturated carbocycles. The van der Waals surface area contributed by atoms with Gasteiger partial charge in [0.25, 0.3) is 0 Å². The minimum Gasteiger partial charge on any atom is -0.460 e. The minimum absolute atomic E-state index is 0.0190. The molecule has 1 aliphatic heterocycles. The molecule has 3 rings (SSSR count). The summed E-state index contributed by atoms with van der Waals surface area (Å²) in [5.41, 5.74) is 0.684. The highest BCUT2D eigenvalue weighted by Gasteiger charge is 2.30. The standard InChI is InChI=1S/C14H13ClN4O2/c1-3-11(8-4-13(20)16-6-8)21-14-9-7-19(2)18-10(9)5-12(15)17-14/h1,5,7-8,11H,4,6H2,2H3,(H,16,20)/t8-,11-/m1/s1. The van der Waals surface area contributed by atoms with Gasteiger partial charge in [-0.3, -0.25) is 9.48 Å². The van der Waals surface area contributed by atoms with E-state index >= 15 is 0 Å². The molecule has 2 atom stereocenters. The van der Waals surface area contributed by atoms with E-state index in [-0.39, 0.29) is 17.0 Å². The summed E-state index contributed by atoms with van der Waals surface area (Å²) in [5, 5.41) is 8.04. The fourth-order valence-electron chi connectivity index (χ4n) is 2.40. The molecule has 1 saturated heterocycles. The van der Waals surface area contributed by atoms with E-state index in [1.807, 2.05) is 0 Å². The lowest BCUT2D eigenvalue weighted by atomic mass is 10.0. The van der Waals surface area contributed by atoms with Gasteiger partial charge in [-0.15, -0.1) is 6.42 Å². The van der Waals surface area contributed by atoms with Crippen molar-refractivity contribution < 1.29 is 9.53 Å². The van der Waals surface area contributed by atoms with Gasteiger partial charge in [0.15, 0.2) is 6.10 Å². The highest BCUT2D eigenvalue weighted by atomic mass is 35.5. The average Bonchev–Trinajstić information content (AvgIpc) is 3.01. The molecule has 1 N–H and O–H groups in total. The molecule has 0 aromatic carbocycles. The first-order valence-electron chi connectivity index (χ1n) is 6.46. The van der Waals surface area contributed by atoms with E-state index in [1.165, 1.54) is 0 Å². The van der Waals surface area contributed by atoms with Crippen molar-refractivity contribution in [1.29, 1.82) is 0 Å². The third-order valence-corrected chi connectivity index (χ3v) is 3.59. The number of carbonyl (C=O) groups excluding carboxylic acids is 1. The number of amides is 1. The van der Waals surface area contributed by atoms with Crippen LogP contribution in [0.15, 0.2) is 12.3 Å². The quantitative estimate of drug-likeness (QED) is 0.682. The van der Waals surface area contributed by atoms with Crippen LogP contribution in [0.3, 0.4) is 0 Å². The van der Waals surface area contributed by atoms with E-state index in [0.717, 1.165) is 5.39 Å². The molecule has 21 heavy (non-hydrogen) atoms. The highest BCUT2D eigenvalue weighted by Crippen LogP contribution is 2.28. The number of nitrogens with zero attached hydrogens (tertiary/aromatic N) is 3. The Kier molecular flexibility index (Phi) is 3.43. The van der Waals surface area contributed by atoms with Crippen molar-refractivity contribution in [3.05, 3.63) is 17.4 Å². The van der Waals surface area contributed by atoms with Crippen molar-refractivity contribution in [3.63, 3.8) is 0 Å². The van der Waals surface area contributed by atoms with Gasteiger partial charge in [0.05, 0.1) is 5.39 Å². The van der Waals surface area contributed by atoms with Gasteiger partial charge >= 0.3 is 0 Å². The number of rotatable bonds is 3. The molecule has 2 aromatic heterocycles. The van der Waals surface area contributed by atoms with Crippen LogP contribution < -0.4 is 10.1 Å². The summed E-state index contributed by atoms with van der Waals surface area (Å²) in [6.45, 7) is 0.504. The summed E-state index contributed by atoms with van der Waals surface area (Å²) < 4.78 is 7.48. The molecular weight excluding hydrogens is 292 g/mol. The molecule has 1 fully saturated rings. The first-order chi connectivity index (χ1) is 10.1. The Labute approximate surface area is 126 Å². The first kappa shape index (κ1) is 13.7. The molecule has 0 unspecified atom stereocenters. The number of fused-ring (bicyclic) bond motifs is 1. The Morgan fingerprint density at radius 3 is 3.14 bits per heavy atom. The maximum absolute atomic E-state index is 11.3. The predicted octanol–water partition coefficient (Wildman–Crippen LogP) is 1.14. The molecule has 0 spiro atoms. The fraction of sp³-hybridized carbons (Fsp3) is 0.357. The molecule has 2 aromatic rings. The van der Waals surface area contributed by atoms with Crippen LogP contribution in [-0.2, 0) is 11.8 Å². The van der Waals surface area contributed by atoms with Crippen LogP contribution in [0.2, 0.25) is 5.15 Å². The monoisotopic (exact) mass is 304 g/mol. The van der Waals surface area contributed by atoms with Crippen molar-refractivity contribution >= 4 is 28.4 Å². The zero-order valence-electron chi connectivity index (χ0n) is 11.3. The maximum Gasteiger partial charge on any atom is 0.227 e. The molecule has 1 aliphatic rings. The SMILES string of the molecule is C#C[C@@H](Oc1nc(Cl)cc2nn(C)cc12)[C@H]1CNC(=O)C1. The van der Waals surface area contributed by atoms with Crippen LogP contribution in [0, 0.1) is 18.3 Å². The predicted molar refractivity (Wildman–Crippen MR) is 77.9 cm³/mol. The maximum atomic E-state index is 11.3. The van der Waals surface area contributed by atoms with E-state index < -0.39 is 6.10 Å². The number of halogens is 1. The van der Waals surface area contributed by atoms with Gasteiger partial charge in [-0.2, -0.15) is 5.10 Å². The smallest absolute Gasteiger partial charge is 0.227 e. The number of aromatic nitrogens is 3. The summed E-state index contributed by atoms with van der Waals surface area (Å²) in [7, 11) is 1.80. The van der Waals surface area contributed by atoms with Crippen molar-refractivity contribution in [1.82, 2.24) is 20.1 Å². The zero-order valence-corrected chi connectivity index (χ0v) is 12.1. The normalized spacial score (nSPS) is 19.3. The second-order valence-corrected chi connectivity index (χ2v) is 5.35. The van der Waals surface area contributed by atoms with Gasteiger partial charge in [-0.1, -0.05) is 17.5 Å². The number of nitrogens with one attached hydrogen (secondary N) is 1. The van der Waals surface area contributed by atoms with E-state index in [2.05, 4.69) is 21.3 Å². The number of hydrogen-bond donors (Lipinski definition) is 1. The Balaban J connectivity index is 1.93. The molecule has 0 bridgehead atoms. The fourth-order valence-corrected chi connectivity index (χ4v) is 2.58. The summed E-state index contributed by atoms with van der Waals surface area (Å²) in [6, 6.07) is 1.66. The van der Waals surface area contributed by atoms with Gasteiger partial charge in [0.1, 0.15) is 10.7 Å². The number of terminal acetylenes is 1. The molecule has 3 heterocycles. The zero-order chi connectivity index (χ0) is 15.0. The molecule has 7 heteroatoms. The van der Waals surface area contributed by atoms with Crippen LogP contribution in [0.1, 0.15) is 6.42 Å². The Morgan fingerprint density at radius 1 is 1.67 bits per heavy atom. The highest BCUT2D eigenvalue weighted by molar-refractivity contribution is 6.30. The second kappa shape index (κ2) is 5.26. The van der Waals surface area contributed by atoms with Crippen molar-refractivity contribution in [3.8, 4) is 18.2 Å². The van der Waals surface area contributed by atoms with Crippen molar-refractivity contribution in [2.45, 2.75) is 12.5 Å². The molecule has 0 radical (unpaired) electrons. The molecule has 1 amide bonds. The largest absolute Gasteiger partial charge is 0.460 e. The number of aryl methyl sites for hydroxylation is 1. The Bertz CT molecular complexity index is 749. The van der Waals surface area contributed by atoms with Crippen LogP contribution >= 0.6 is 11.6 Å². The summed E-state index contributed by atoms with van der Waals surface area (Å²) >= 11 is 5.98. The van der Waals surface area contributed by atoms with Gasteiger partial charge in [-0.25, -0.2) is 4.98 Å². The Morgan fingerprint density at radius 2 is 2.48 bits per heavy atom. The molecule has 0 aliphatic carbocycles. The van der Waals surface area contributed by atoms with Crippen LogP contribution in [0.4, 0.5) is 0 Å². The minimum atomic E-state index is -0.543. The first-order valence-corrected chi connectivity index (χ1v) is 6.84. The second-order valence-electron chi connectivity index (χ2n) is 4.96. The molecular formula is C14H13ClN4O2. The van der Waals surface area contributed by atoms with Crippen molar-refractivity contribution in [2.24, 2.45) is 13.0 Å². The average molecular weight is 305 g/mol. The summed E-state index contributed by atoms with van der Waals surface area (Å²) in [6.07, 6.45) is 7.14. The van der Waals surface area contributed by atoms with E-state index in [9.17, 15) is 4.79 Å². The number of hydrogen-bond acceptors (Lipinski definition) is 4. The van der Waals surface area contributed by atoms with Crippen LogP contribution in [-0.4, -0.2) is 33.3 Å². The third kappa shape index (κ3) is 2.65. The summed E-state index contributed by atoms with van der Waals surface area (Å²) in [4.78, 5) is 15.5. The Hall–Kier alpha value is -2.26. The lowest BCUT2D eigenvalue weighted by Gasteiger charge is -2.18. The van der Waals surface area contributed by atoms with Crippen LogP contribution in [0.25, 0.3) is 10.9 Å². The van der Waals surface area contributed by atoms with E-state index in [1.54, 1.807) is 24.0 Å². The topological polar surface area (TPSA) is 69.0 Å². The summed E-state index contributed by atoms with van der Waals surface area (Å²) in [5.74, 6) is 2.83. The van der Waals surface area contributed by atoms with Gasteiger partial charge < -0.3 is 10.1 Å². The van der Waals surface area contributed by atoms with Gasteiger partial charge in [-0.05, 0) is 0 Å². The van der Waals surface area contributed by atoms with Crippen molar-refractivity contribution in [2.75, 3.05) is 6.54 Å². The molecule has 108 valence electrons. The number of pyridine rings is 1. The van der Waals surface area contributed by atoms with E-state index in [4.69, 9.17) is 22.8 Å².